The Hall–Kier alpha value is -0.600. The van der Waals surface area contributed by atoms with Gasteiger partial charge in [-0.15, -0.1) is 0 Å². The van der Waals surface area contributed by atoms with Gasteiger partial charge in [-0.2, -0.15) is 14.0 Å². The fourth-order valence-corrected chi connectivity index (χ4v) is 1.55. The van der Waals surface area contributed by atoms with E-state index in [9.17, 15) is 8.78 Å². The van der Waals surface area contributed by atoms with Crippen molar-refractivity contribution in [1.29, 1.82) is 5.26 Å². The molecule has 0 fully saturated rings. The lowest BCUT2D eigenvalue weighted by molar-refractivity contribution is 0.171. The highest BCUT2D eigenvalue weighted by molar-refractivity contribution is 9.10. The van der Waals surface area contributed by atoms with Crippen molar-refractivity contribution in [1.82, 2.24) is 0 Å². The maximum Gasteiger partial charge on any atom is 0.384 e. The Morgan fingerprint density at radius 3 is 2.31 bits per heavy atom. The van der Waals surface area contributed by atoms with Gasteiger partial charge in [0.1, 0.15) is 0 Å². The van der Waals surface area contributed by atoms with Crippen LogP contribution < -0.4 is 0 Å². The molecule has 1 aromatic rings. The van der Waals surface area contributed by atoms with Gasteiger partial charge in [-0.1, -0.05) is 15.9 Å². The van der Waals surface area contributed by atoms with Crippen LogP contribution in [-0.4, -0.2) is 5.25 Å². The van der Waals surface area contributed by atoms with Crippen LogP contribution in [0.3, 0.4) is 0 Å². The van der Waals surface area contributed by atoms with Gasteiger partial charge in [-0.05, 0) is 36.0 Å². The zero-order valence-corrected chi connectivity index (χ0v) is 8.70. The highest BCUT2D eigenvalue weighted by atomic mass is 79.9. The van der Waals surface area contributed by atoms with E-state index in [1.165, 1.54) is 12.1 Å². The number of nitrogens with zero attached hydrogens (tertiary/aromatic N) is 1. The second-order valence-corrected chi connectivity index (χ2v) is 4.29. The van der Waals surface area contributed by atoms with Gasteiger partial charge < -0.3 is 0 Å². The first-order valence-corrected chi connectivity index (χ1v) is 4.88. The van der Waals surface area contributed by atoms with E-state index in [2.05, 4.69) is 15.9 Å². The van der Waals surface area contributed by atoms with Gasteiger partial charge in [0.25, 0.3) is 0 Å². The molecule has 0 aromatic heterocycles. The highest BCUT2D eigenvalue weighted by Gasteiger charge is 2.29. The van der Waals surface area contributed by atoms with Crippen molar-refractivity contribution in [2.45, 2.75) is 10.2 Å². The molecule has 0 radical (unpaired) electrons. The van der Waals surface area contributed by atoms with Gasteiger partial charge in [-0.25, -0.2) is 0 Å². The van der Waals surface area contributed by atoms with E-state index in [0.717, 1.165) is 10.5 Å². The van der Waals surface area contributed by atoms with Crippen molar-refractivity contribution >= 4 is 27.7 Å². The van der Waals surface area contributed by atoms with Gasteiger partial charge in [-0.3, -0.25) is 0 Å². The second kappa shape index (κ2) is 4.07. The van der Waals surface area contributed by atoms with E-state index in [1.807, 2.05) is 0 Å². The van der Waals surface area contributed by atoms with Gasteiger partial charge in [0.15, 0.2) is 6.07 Å². The number of hydrogen-bond donors (Lipinski definition) is 0. The lowest BCUT2D eigenvalue weighted by Crippen LogP contribution is -2.04. The summed E-state index contributed by atoms with van der Waals surface area (Å²) in [5, 5.41) is 4.73. The van der Waals surface area contributed by atoms with Crippen LogP contribution in [0.1, 0.15) is 0 Å². The van der Waals surface area contributed by atoms with Crippen molar-refractivity contribution in [3.05, 3.63) is 28.7 Å². The normalized spacial score (nSPS) is 10.9. The number of thioether (sulfide) groups is 1. The third kappa shape index (κ3) is 3.33. The number of alkyl halides is 2. The van der Waals surface area contributed by atoms with Crippen LogP contribution in [0.25, 0.3) is 0 Å². The molecule has 0 unspecified atom stereocenters. The van der Waals surface area contributed by atoms with Crippen LogP contribution >= 0.6 is 27.7 Å². The van der Waals surface area contributed by atoms with E-state index >= 15 is 0 Å². The first-order valence-electron chi connectivity index (χ1n) is 3.27. The summed E-state index contributed by atoms with van der Waals surface area (Å²) in [4.78, 5) is 0.370. The quantitative estimate of drug-likeness (QED) is 0.761. The maximum atomic E-state index is 12.5. The minimum absolute atomic E-state index is 0.239. The minimum Gasteiger partial charge on any atom is -0.191 e. The molecule has 0 amide bonds. The van der Waals surface area contributed by atoms with Crippen molar-refractivity contribution in [3.8, 4) is 6.07 Å². The zero-order valence-electron chi connectivity index (χ0n) is 6.30. The lowest BCUT2D eigenvalue weighted by Gasteiger charge is -2.05. The molecule has 0 saturated heterocycles. The molecule has 0 spiro atoms. The molecule has 1 aromatic carbocycles. The average Bonchev–Trinajstić information content (AvgIpc) is 2.09. The van der Waals surface area contributed by atoms with Crippen LogP contribution in [0.5, 0.6) is 0 Å². The molecule has 0 aliphatic heterocycles. The Balaban J connectivity index is 2.77. The predicted molar refractivity (Wildman–Crippen MR) is 50.6 cm³/mol. The molecule has 0 atom stereocenters. The summed E-state index contributed by atoms with van der Waals surface area (Å²) in [6.07, 6.45) is 0. The molecule has 0 saturated carbocycles. The Labute approximate surface area is 86.9 Å². The van der Waals surface area contributed by atoms with Crippen LogP contribution in [-0.2, 0) is 0 Å². The lowest BCUT2D eigenvalue weighted by atomic mass is 10.4. The Morgan fingerprint density at radius 2 is 1.85 bits per heavy atom. The molecule has 0 bridgehead atoms. The fraction of sp³-hybridized carbons (Fsp3) is 0.125. The first kappa shape index (κ1) is 10.5. The predicted octanol–water partition coefficient (Wildman–Crippen LogP) is 3.66. The number of rotatable bonds is 2. The smallest absolute Gasteiger partial charge is 0.191 e. The van der Waals surface area contributed by atoms with Gasteiger partial charge in [0, 0.05) is 9.37 Å². The molecule has 0 aliphatic rings. The third-order valence-electron chi connectivity index (χ3n) is 1.19. The van der Waals surface area contributed by atoms with Crippen molar-refractivity contribution in [2.24, 2.45) is 0 Å². The Morgan fingerprint density at radius 1 is 1.31 bits per heavy atom. The summed E-state index contributed by atoms with van der Waals surface area (Å²) in [5.74, 6) is 0. The van der Waals surface area contributed by atoms with Crippen LogP contribution in [0.2, 0.25) is 0 Å². The maximum absolute atomic E-state index is 12.5. The standard InChI is InChI=1S/C8H4BrF2NS/c9-6-1-3-7(4-2-6)13-8(10,11)5-12/h1-4H. The monoisotopic (exact) mass is 263 g/mol. The van der Waals surface area contributed by atoms with E-state index in [0.29, 0.717) is 4.90 Å². The third-order valence-corrected chi connectivity index (χ3v) is 2.57. The number of halogens is 3. The van der Waals surface area contributed by atoms with Crippen LogP contribution in [0, 0.1) is 11.3 Å². The molecule has 1 rings (SSSR count). The van der Waals surface area contributed by atoms with Gasteiger partial charge >= 0.3 is 5.25 Å². The van der Waals surface area contributed by atoms with E-state index < -0.39 is 5.25 Å². The number of hydrogen-bond acceptors (Lipinski definition) is 2. The first-order chi connectivity index (χ1) is 6.03. The molecule has 1 nitrogen and oxygen atoms in total. The van der Waals surface area contributed by atoms with Crippen molar-refractivity contribution < 1.29 is 8.78 Å². The van der Waals surface area contributed by atoms with Crippen LogP contribution in [0.4, 0.5) is 8.78 Å². The highest BCUT2D eigenvalue weighted by Crippen LogP contribution is 2.35. The van der Waals surface area contributed by atoms with Crippen molar-refractivity contribution in [3.63, 3.8) is 0 Å². The summed E-state index contributed by atoms with van der Waals surface area (Å²) in [6.45, 7) is 0. The SMILES string of the molecule is N#CC(F)(F)Sc1ccc(Br)cc1. The molecule has 0 aliphatic carbocycles. The molecular formula is C8H4BrF2NS. The van der Waals surface area contributed by atoms with E-state index in [-0.39, 0.29) is 11.8 Å². The summed E-state index contributed by atoms with van der Waals surface area (Å²) in [7, 11) is 0. The zero-order chi connectivity index (χ0) is 9.90. The fourth-order valence-electron chi connectivity index (χ4n) is 0.673. The molecule has 0 heterocycles. The summed E-state index contributed by atoms with van der Waals surface area (Å²) < 4.78 is 25.9. The van der Waals surface area contributed by atoms with Gasteiger partial charge in [0.05, 0.1) is 0 Å². The topological polar surface area (TPSA) is 23.8 Å². The van der Waals surface area contributed by atoms with Crippen LogP contribution in [0.15, 0.2) is 33.6 Å². The Bertz CT molecular complexity index is 331. The molecule has 68 valence electrons. The largest absolute Gasteiger partial charge is 0.384 e. The van der Waals surface area contributed by atoms with E-state index in [1.54, 1.807) is 12.1 Å². The number of nitriles is 1. The minimum atomic E-state index is -3.35. The van der Waals surface area contributed by atoms with E-state index in [4.69, 9.17) is 5.26 Å². The summed E-state index contributed by atoms with van der Waals surface area (Å²) >= 11 is 3.42. The second-order valence-electron chi connectivity index (χ2n) is 2.18. The average molecular weight is 264 g/mol. The summed E-state index contributed by atoms with van der Waals surface area (Å²) in [6, 6.07) is 7.28. The summed E-state index contributed by atoms with van der Waals surface area (Å²) in [5.41, 5.74) is 0. The molecule has 5 heteroatoms. The Kier molecular flexibility index (Phi) is 3.28. The van der Waals surface area contributed by atoms with Crippen molar-refractivity contribution in [2.75, 3.05) is 0 Å². The van der Waals surface area contributed by atoms with Gasteiger partial charge in [0.2, 0.25) is 0 Å². The molecule has 13 heavy (non-hydrogen) atoms. The molecular weight excluding hydrogens is 260 g/mol. The number of benzene rings is 1. The molecule has 0 N–H and O–H groups in total.